The van der Waals surface area contributed by atoms with Crippen molar-refractivity contribution in [2.75, 3.05) is 64.5 Å². The van der Waals surface area contributed by atoms with Gasteiger partial charge in [-0.05, 0) is 101 Å². The molecule has 0 saturated heterocycles. The SMILES string of the molecule is CCOc1cc(C(=O)Nc2ccc(-c3ccc(NC(=O)c4cc(OCC)c(OCC)c(OCC)c4)c(OC)c3)cc2OC)cc(OCC)c1OCC. The Bertz CT molecular complexity index is 1650. The second-order valence-corrected chi connectivity index (χ2v) is 10.9. The van der Waals surface area contributed by atoms with Crippen LogP contribution in [0.1, 0.15) is 62.3 Å². The Hall–Kier alpha value is -5.78. The highest BCUT2D eigenvalue weighted by Crippen LogP contribution is 2.41. The number of hydrogen-bond donors (Lipinski definition) is 2. The van der Waals surface area contributed by atoms with Crippen molar-refractivity contribution in [3.63, 3.8) is 0 Å². The summed E-state index contributed by atoms with van der Waals surface area (Å²) in [5.74, 6) is 2.69. The molecule has 0 atom stereocenters. The Morgan fingerprint density at radius 1 is 0.442 bits per heavy atom. The van der Waals surface area contributed by atoms with Crippen LogP contribution in [0.4, 0.5) is 11.4 Å². The van der Waals surface area contributed by atoms with Crippen LogP contribution in [0.5, 0.6) is 46.0 Å². The van der Waals surface area contributed by atoms with Crippen LogP contribution in [-0.4, -0.2) is 65.7 Å². The Morgan fingerprint density at radius 3 is 1.02 bits per heavy atom. The first-order valence-electron chi connectivity index (χ1n) is 17.4. The number of rotatable bonds is 19. The number of nitrogens with one attached hydrogen (secondary N) is 2. The van der Waals surface area contributed by atoms with Gasteiger partial charge in [0.05, 0.1) is 65.2 Å². The van der Waals surface area contributed by atoms with Crippen molar-refractivity contribution in [1.82, 2.24) is 0 Å². The number of methoxy groups -OCH3 is 2. The molecule has 0 radical (unpaired) electrons. The van der Waals surface area contributed by atoms with Crippen LogP contribution in [0.2, 0.25) is 0 Å². The van der Waals surface area contributed by atoms with Gasteiger partial charge in [0.15, 0.2) is 23.0 Å². The van der Waals surface area contributed by atoms with Crippen LogP contribution in [-0.2, 0) is 0 Å². The molecule has 0 unspecified atom stereocenters. The lowest BCUT2D eigenvalue weighted by atomic mass is 10.0. The maximum Gasteiger partial charge on any atom is 0.256 e. The normalized spacial score (nSPS) is 10.5. The number of benzene rings is 4. The minimum atomic E-state index is -0.382. The van der Waals surface area contributed by atoms with E-state index in [-0.39, 0.29) is 11.8 Å². The molecule has 0 spiro atoms. The number of carbonyl (C=O) groups excluding carboxylic acids is 2. The summed E-state index contributed by atoms with van der Waals surface area (Å²) in [7, 11) is 3.06. The fourth-order valence-electron chi connectivity index (χ4n) is 5.38. The van der Waals surface area contributed by atoms with Gasteiger partial charge < -0.3 is 48.5 Å². The van der Waals surface area contributed by atoms with E-state index in [1.165, 1.54) is 14.2 Å². The minimum absolute atomic E-state index is 0.331. The van der Waals surface area contributed by atoms with Crippen molar-refractivity contribution in [3.8, 4) is 57.1 Å². The largest absolute Gasteiger partial charge is 0.495 e. The van der Waals surface area contributed by atoms with E-state index in [0.717, 1.165) is 11.1 Å². The summed E-state index contributed by atoms with van der Waals surface area (Å²) in [5.41, 5.74) is 3.17. The topological polar surface area (TPSA) is 132 Å². The lowest BCUT2D eigenvalue weighted by Crippen LogP contribution is -2.14. The molecular formula is C40H48N2O10. The van der Waals surface area contributed by atoms with Crippen LogP contribution < -0.4 is 48.5 Å². The summed E-state index contributed by atoms with van der Waals surface area (Å²) in [5, 5.41) is 5.87. The van der Waals surface area contributed by atoms with E-state index in [1.807, 2.05) is 65.8 Å². The molecule has 52 heavy (non-hydrogen) atoms. The average Bonchev–Trinajstić information content (AvgIpc) is 3.14. The molecular weight excluding hydrogens is 668 g/mol. The van der Waals surface area contributed by atoms with Crippen molar-refractivity contribution in [1.29, 1.82) is 0 Å². The molecule has 0 saturated carbocycles. The van der Waals surface area contributed by atoms with Gasteiger partial charge in [-0.15, -0.1) is 0 Å². The zero-order valence-electron chi connectivity index (χ0n) is 31.1. The molecule has 4 rings (SSSR count). The first kappa shape index (κ1) is 39.0. The Labute approximate surface area is 305 Å². The molecule has 0 heterocycles. The van der Waals surface area contributed by atoms with E-state index >= 15 is 0 Å². The molecule has 0 bridgehead atoms. The van der Waals surface area contributed by atoms with Crippen LogP contribution in [0.25, 0.3) is 11.1 Å². The van der Waals surface area contributed by atoms with Gasteiger partial charge in [-0.2, -0.15) is 0 Å². The maximum absolute atomic E-state index is 13.5. The molecule has 0 fully saturated rings. The Morgan fingerprint density at radius 2 is 0.750 bits per heavy atom. The third kappa shape index (κ3) is 9.30. The quantitative estimate of drug-likeness (QED) is 0.0978. The van der Waals surface area contributed by atoms with Crippen molar-refractivity contribution in [2.24, 2.45) is 0 Å². The highest BCUT2D eigenvalue weighted by Gasteiger charge is 2.21. The van der Waals surface area contributed by atoms with E-state index in [2.05, 4.69) is 10.6 Å². The third-order valence-electron chi connectivity index (χ3n) is 7.58. The van der Waals surface area contributed by atoms with E-state index in [0.29, 0.717) is 108 Å². The first-order chi connectivity index (χ1) is 25.2. The molecule has 12 nitrogen and oxygen atoms in total. The molecule has 2 amide bonds. The van der Waals surface area contributed by atoms with E-state index in [4.69, 9.17) is 37.9 Å². The summed E-state index contributed by atoms with van der Waals surface area (Å²) >= 11 is 0. The molecule has 4 aromatic carbocycles. The molecule has 0 aliphatic heterocycles. The predicted molar refractivity (Wildman–Crippen MR) is 201 cm³/mol. The molecule has 0 aromatic heterocycles. The van der Waals surface area contributed by atoms with Crippen LogP contribution in [0.15, 0.2) is 60.7 Å². The van der Waals surface area contributed by atoms with Gasteiger partial charge in [0.1, 0.15) is 11.5 Å². The Kier molecular flexibility index (Phi) is 14.3. The van der Waals surface area contributed by atoms with Crippen molar-refractivity contribution < 1.29 is 47.5 Å². The van der Waals surface area contributed by atoms with E-state index in [9.17, 15) is 9.59 Å². The smallest absolute Gasteiger partial charge is 0.256 e. The van der Waals surface area contributed by atoms with Gasteiger partial charge in [-0.1, -0.05) is 12.1 Å². The average molecular weight is 717 g/mol. The van der Waals surface area contributed by atoms with Crippen LogP contribution in [0, 0.1) is 0 Å². The van der Waals surface area contributed by atoms with E-state index in [1.54, 1.807) is 36.4 Å². The lowest BCUT2D eigenvalue weighted by Gasteiger charge is -2.18. The number of hydrogen-bond acceptors (Lipinski definition) is 10. The Balaban J connectivity index is 1.59. The summed E-state index contributed by atoms with van der Waals surface area (Å²) < 4.78 is 46.0. The molecule has 2 N–H and O–H groups in total. The number of ether oxygens (including phenoxy) is 8. The summed E-state index contributed by atoms with van der Waals surface area (Å²) in [6, 6.07) is 17.4. The second kappa shape index (κ2) is 19.0. The van der Waals surface area contributed by atoms with Gasteiger partial charge in [0.25, 0.3) is 11.8 Å². The zero-order valence-corrected chi connectivity index (χ0v) is 31.1. The number of anilines is 2. The van der Waals surface area contributed by atoms with Gasteiger partial charge in [-0.3, -0.25) is 9.59 Å². The molecule has 278 valence electrons. The van der Waals surface area contributed by atoms with Crippen molar-refractivity contribution in [2.45, 2.75) is 41.5 Å². The monoisotopic (exact) mass is 716 g/mol. The third-order valence-corrected chi connectivity index (χ3v) is 7.58. The van der Waals surface area contributed by atoms with Gasteiger partial charge >= 0.3 is 0 Å². The van der Waals surface area contributed by atoms with Crippen LogP contribution >= 0.6 is 0 Å². The fraction of sp³-hybridized carbons (Fsp3) is 0.350. The van der Waals surface area contributed by atoms with Crippen molar-refractivity contribution >= 4 is 23.2 Å². The lowest BCUT2D eigenvalue weighted by molar-refractivity contribution is 0.101. The molecule has 0 aliphatic rings. The van der Waals surface area contributed by atoms with Gasteiger partial charge in [0.2, 0.25) is 11.5 Å². The predicted octanol–water partition coefficient (Wildman–Crippen LogP) is 8.27. The highest BCUT2D eigenvalue weighted by molar-refractivity contribution is 6.07. The minimum Gasteiger partial charge on any atom is -0.495 e. The molecule has 4 aromatic rings. The van der Waals surface area contributed by atoms with Crippen molar-refractivity contribution in [3.05, 3.63) is 71.8 Å². The fourth-order valence-corrected chi connectivity index (χ4v) is 5.38. The molecule has 12 heteroatoms. The highest BCUT2D eigenvalue weighted by atomic mass is 16.5. The summed E-state index contributed by atoms with van der Waals surface area (Å²) in [6.45, 7) is 13.5. The zero-order chi connectivity index (χ0) is 37.6. The second-order valence-electron chi connectivity index (χ2n) is 10.9. The van der Waals surface area contributed by atoms with Crippen LogP contribution in [0.3, 0.4) is 0 Å². The molecule has 0 aliphatic carbocycles. The van der Waals surface area contributed by atoms with E-state index < -0.39 is 0 Å². The standard InChI is InChI=1S/C40H48N2O10/c1-9-47-33-21-27(22-34(48-10-2)37(33)51-13-5)39(43)41-29-17-15-25(19-31(29)45-7)26-16-18-30(32(20-26)46-8)42-40(44)28-23-35(49-11-3)38(52-14-6)36(24-28)50-12-4/h15-24H,9-14H2,1-8H3,(H,41,43)(H,42,44). The van der Waals surface area contributed by atoms with Gasteiger partial charge in [-0.25, -0.2) is 0 Å². The summed E-state index contributed by atoms with van der Waals surface area (Å²) in [4.78, 5) is 27.0. The first-order valence-corrected chi connectivity index (χ1v) is 17.4. The maximum atomic E-state index is 13.5. The number of carbonyl (C=O) groups is 2. The number of amides is 2. The van der Waals surface area contributed by atoms with Gasteiger partial charge in [0, 0.05) is 11.1 Å². The summed E-state index contributed by atoms with van der Waals surface area (Å²) in [6.07, 6.45) is 0.